The van der Waals surface area contributed by atoms with Gasteiger partial charge >= 0.3 is 0 Å². The molecule has 0 spiro atoms. The fourth-order valence-corrected chi connectivity index (χ4v) is 2.99. The second-order valence-electron chi connectivity index (χ2n) is 5.47. The number of pyridine rings is 1. The first-order valence-corrected chi connectivity index (χ1v) is 8.68. The first-order valence-electron chi connectivity index (χ1n) is 7.80. The average molecular weight is 356 g/mol. The Morgan fingerprint density at radius 3 is 2.88 bits per heavy atom. The van der Waals surface area contributed by atoms with Crippen LogP contribution in [-0.2, 0) is 11.3 Å². The SMILES string of the molecule is CC(Oc1ccccc1F)C(=O)NCc1cncc(-c2cccs2)c1. The van der Waals surface area contributed by atoms with Crippen LogP contribution < -0.4 is 10.1 Å². The number of aromatic nitrogens is 1. The van der Waals surface area contributed by atoms with Crippen molar-refractivity contribution < 1.29 is 13.9 Å². The van der Waals surface area contributed by atoms with Crippen molar-refractivity contribution in [2.75, 3.05) is 0 Å². The molecule has 3 rings (SSSR count). The predicted molar refractivity (Wildman–Crippen MR) is 95.9 cm³/mol. The van der Waals surface area contributed by atoms with Gasteiger partial charge in [-0.05, 0) is 42.1 Å². The van der Waals surface area contributed by atoms with Gasteiger partial charge in [0, 0.05) is 29.4 Å². The number of para-hydroxylation sites is 1. The molecule has 0 fully saturated rings. The molecular weight excluding hydrogens is 339 g/mol. The Morgan fingerprint density at radius 2 is 2.12 bits per heavy atom. The van der Waals surface area contributed by atoms with E-state index in [0.29, 0.717) is 6.54 Å². The number of benzene rings is 1. The summed E-state index contributed by atoms with van der Waals surface area (Å²) in [4.78, 5) is 17.5. The van der Waals surface area contributed by atoms with Gasteiger partial charge in [0.05, 0.1) is 0 Å². The van der Waals surface area contributed by atoms with Gasteiger partial charge in [-0.3, -0.25) is 9.78 Å². The van der Waals surface area contributed by atoms with Gasteiger partial charge in [0.2, 0.25) is 0 Å². The van der Waals surface area contributed by atoms with Gasteiger partial charge in [-0.15, -0.1) is 11.3 Å². The molecule has 0 radical (unpaired) electrons. The third-order valence-corrected chi connectivity index (χ3v) is 4.50. The van der Waals surface area contributed by atoms with Gasteiger partial charge in [-0.25, -0.2) is 4.39 Å². The van der Waals surface area contributed by atoms with Gasteiger partial charge in [0.1, 0.15) is 0 Å². The molecule has 1 atom stereocenters. The minimum Gasteiger partial charge on any atom is -0.478 e. The molecule has 2 aromatic heterocycles. The summed E-state index contributed by atoms with van der Waals surface area (Å²) in [6.45, 7) is 1.91. The summed E-state index contributed by atoms with van der Waals surface area (Å²) in [6.07, 6.45) is 2.70. The number of amides is 1. The van der Waals surface area contributed by atoms with E-state index < -0.39 is 11.9 Å². The number of ether oxygens (including phenoxy) is 1. The third-order valence-electron chi connectivity index (χ3n) is 3.58. The molecule has 2 heterocycles. The molecule has 0 bridgehead atoms. The molecule has 1 aromatic carbocycles. The van der Waals surface area contributed by atoms with E-state index in [9.17, 15) is 9.18 Å². The van der Waals surface area contributed by atoms with Crippen molar-refractivity contribution in [1.82, 2.24) is 10.3 Å². The maximum atomic E-state index is 13.6. The Hall–Kier alpha value is -2.73. The maximum Gasteiger partial charge on any atom is 0.261 e. The number of thiophene rings is 1. The zero-order chi connectivity index (χ0) is 17.6. The van der Waals surface area contributed by atoms with Crippen LogP contribution in [0.2, 0.25) is 0 Å². The van der Waals surface area contributed by atoms with E-state index >= 15 is 0 Å². The van der Waals surface area contributed by atoms with Crippen molar-refractivity contribution in [3.05, 3.63) is 71.6 Å². The lowest BCUT2D eigenvalue weighted by molar-refractivity contribution is -0.127. The van der Waals surface area contributed by atoms with Crippen molar-refractivity contribution in [1.29, 1.82) is 0 Å². The highest BCUT2D eigenvalue weighted by Gasteiger charge is 2.16. The number of rotatable bonds is 6. The Balaban J connectivity index is 1.59. The minimum atomic E-state index is -0.801. The number of hydrogen-bond donors (Lipinski definition) is 1. The van der Waals surface area contributed by atoms with Gasteiger partial charge in [0.15, 0.2) is 17.7 Å². The number of nitrogens with one attached hydrogen (secondary N) is 1. The molecule has 1 N–H and O–H groups in total. The first-order chi connectivity index (χ1) is 12.1. The fraction of sp³-hybridized carbons (Fsp3) is 0.158. The van der Waals surface area contributed by atoms with E-state index in [1.807, 2.05) is 23.6 Å². The van der Waals surface area contributed by atoms with Crippen LogP contribution in [0, 0.1) is 5.82 Å². The molecule has 0 aliphatic carbocycles. The highest BCUT2D eigenvalue weighted by molar-refractivity contribution is 7.13. The summed E-state index contributed by atoms with van der Waals surface area (Å²) in [6, 6.07) is 12.0. The highest BCUT2D eigenvalue weighted by Crippen LogP contribution is 2.24. The third kappa shape index (κ3) is 4.42. The molecule has 6 heteroatoms. The van der Waals surface area contributed by atoms with Crippen LogP contribution in [0.25, 0.3) is 10.4 Å². The molecule has 4 nitrogen and oxygen atoms in total. The Morgan fingerprint density at radius 1 is 1.28 bits per heavy atom. The molecule has 1 unspecified atom stereocenters. The van der Waals surface area contributed by atoms with Crippen LogP contribution in [0.4, 0.5) is 4.39 Å². The van der Waals surface area contributed by atoms with E-state index in [4.69, 9.17) is 4.74 Å². The van der Waals surface area contributed by atoms with E-state index in [2.05, 4.69) is 10.3 Å². The van der Waals surface area contributed by atoms with Gasteiger partial charge in [0.25, 0.3) is 5.91 Å². The monoisotopic (exact) mass is 356 g/mol. The molecule has 0 saturated carbocycles. The molecule has 25 heavy (non-hydrogen) atoms. The number of nitrogens with zero attached hydrogens (tertiary/aromatic N) is 1. The molecule has 128 valence electrons. The number of hydrogen-bond acceptors (Lipinski definition) is 4. The van der Waals surface area contributed by atoms with Crippen molar-refractivity contribution in [3.8, 4) is 16.2 Å². The van der Waals surface area contributed by atoms with E-state index in [1.54, 1.807) is 42.8 Å². The van der Waals surface area contributed by atoms with E-state index in [-0.39, 0.29) is 11.7 Å². The average Bonchev–Trinajstić information content (AvgIpc) is 3.16. The molecule has 1 amide bonds. The van der Waals surface area contributed by atoms with Crippen molar-refractivity contribution in [2.24, 2.45) is 0 Å². The summed E-state index contributed by atoms with van der Waals surface area (Å²) in [5.41, 5.74) is 1.90. The minimum absolute atomic E-state index is 0.0616. The molecule has 0 aliphatic heterocycles. The molecule has 3 aromatic rings. The standard InChI is InChI=1S/C19H17FN2O2S/c1-13(24-17-6-3-2-5-16(17)20)19(23)22-11-14-9-15(12-21-10-14)18-7-4-8-25-18/h2-10,12-13H,11H2,1H3,(H,22,23). The number of carbonyl (C=O) groups is 1. The topological polar surface area (TPSA) is 51.2 Å². The largest absolute Gasteiger partial charge is 0.478 e. The lowest BCUT2D eigenvalue weighted by atomic mass is 10.2. The Labute approximate surface area is 149 Å². The van der Waals surface area contributed by atoms with Crippen molar-refractivity contribution in [2.45, 2.75) is 19.6 Å². The molecular formula is C19H17FN2O2S. The first kappa shape index (κ1) is 17.1. The summed E-state index contributed by atoms with van der Waals surface area (Å²) < 4.78 is 19.0. The summed E-state index contributed by atoms with van der Waals surface area (Å²) in [5.74, 6) is -0.744. The lowest BCUT2D eigenvalue weighted by Crippen LogP contribution is -2.36. The quantitative estimate of drug-likeness (QED) is 0.725. The normalized spacial score (nSPS) is 11.8. The van der Waals surface area contributed by atoms with Gasteiger partial charge < -0.3 is 10.1 Å². The van der Waals surface area contributed by atoms with Crippen LogP contribution in [0.1, 0.15) is 12.5 Å². The van der Waals surface area contributed by atoms with E-state index in [1.165, 1.54) is 12.1 Å². The van der Waals surface area contributed by atoms with E-state index in [0.717, 1.165) is 16.0 Å². The van der Waals surface area contributed by atoms with Gasteiger partial charge in [-0.1, -0.05) is 18.2 Å². The second-order valence-corrected chi connectivity index (χ2v) is 6.42. The van der Waals surface area contributed by atoms with Crippen LogP contribution in [0.15, 0.2) is 60.2 Å². The summed E-state index contributed by atoms with van der Waals surface area (Å²) in [7, 11) is 0. The second kappa shape index (κ2) is 7.90. The van der Waals surface area contributed by atoms with Crippen molar-refractivity contribution in [3.63, 3.8) is 0 Å². The van der Waals surface area contributed by atoms with Crippen molar-refractivity contribution >= 4 is 17.2 Å². The van der Waals surface area contributed by atoms with Crippen LogP contribution in [0.5, 0.6) is 5.75 Å². The van der Waals surface area contributed by atoms with Crippen LogP contribution in [0.3, 0.4) is 0 Å². The lowest BCUT2D eigenvalue weighted by Gasteiger charge is -2.15. The van der Waals surface area contributed by atoms with Crippen LogP contribution in [-0.4, -0.2) is 17.0 Å². The highest BCUT2D eigenvalue weighted by atomic mass is 32.1. The summed E-state index contributed by atoms with van der Waals surface area (Å²) in [5, 5.41) is 4.79. The molecule has 0 saturated heterocycles. The van der Waals surface area contributed by atoms with Crippen LogP contribution >= 0.6 is 11.3 Å². The Bertz CT molecular complexity index is 852. The zero-order valence-electron chi connectivity index (χ0n) is 13.6. The Kier molecular flexibility index (Phi) is 5.40. The van der Waals surface area contributed by atoms with Gasteiger partial charge in [-0.2, -0.15) is 0 Å². The maximum absolute atomic E-state index is 13.6. The zero-order valence-corrected chi connectivity index (χ0v) is 14.4. The fourth-order valence-electron chi connectivity index (χ4n) is 2.28. The number of halogens is 1. The molecule has 0 aliphatic rings. The summed E-state index contributed by atoms with van der Waals surface area (Å²) >= 11 is 1.63. The predicted octanol–water partition coefficient (Wildman–Crippen LogP) is 4.03. The smallest absolute Gasteiger partial charge is 0.261 e. The number of carbonyl (C=O) groups excluding carboxylic acids is 1.